The van der Waals surface area contributed by atoms with E-state index in [0.717, 1.165) is 17.9 Å². The van der Waals surface area contributed by atoms with Gasteiger partial charge in [-0.15, -0.1) is 0 Å². The highest BCUT2D eigenvalue weighted by atomic mass is 15.2. The highest BCUT2D eigenvalue weighted by Gasteiger charge is 2.46. The highest BCUT2D eigenvalue weighted by Crippen LogP contribution is 2.47. The third kappa shape index (κ3) is 1.89. The Labute approximate surface area is 81.7 Å². The van der Waals surface area contributed by atoms with Crippen LogP contribution in [0.2, 0.25) is 0 Å². The molecule has 1 aliphatic carbocycles. The van der Waals surface area contributed by atoms with Gasteiger partial charge in [0.15, 0.2) is 0 Å². The first-order chi connectivity index (χ1) is 6.24. The molecule has 0 aromatic carbocycles. The van der Waals surface area contributed by atoms with Gasteiger partial charge in [-0.25, -0.2) is 0 Å². The maximum Gasteiger partial charge on any atom is 0.0107 e. The molecule has 2 heteroatoms. The van der Waals surface area contributed by atoms with Crippen LogP contribution in [0.15, 0.2) is 0 Å². The molecule has 1 unspecified atom stereocenters. The van der Waals surface area contributed by atoms with Gasteiger partial charge in [0.2, 0.25) is 0 Å². The van der Waals surface area contributed by atoms with E-state index in [-0.39, 0.29) is 0 Å². The summed E-state index contributed by atoms with van der Waals surface area (Å²) < 4.78 is 0. The van der Waals surface area contributed by atoms with E-state index < -0.39 is 0 Å². The Hall–Kier alpha value is -0.0800. The summed E-state index contributed by atoms with van der Waals surface area (Å²) in [6.45, 7) is 7.54. The van der Waals surface area contributed by atoms with Crippen molar-refractivity contribution in [2.45, 2.75) is 26.2 Å². The van der Waals surface area contributed by atoms with Gasteiger partial charge in [0, 0.05) is 26.2 Å². The quantitative estimate of drug-likeness (QED) is 0.708. The number of hydrogen-bond donors (Lipinski definition) is 1. The van der Waals surface area contributed by atoms with Crippen LogP contribution in [-0.2, 0) is 0 Å². The second-order valence-electron chi connectivity index (χ2n) is 5.16. The van der Waals surface area contributed by atoms with E-state index in [1.165, 1.54) is 38.9 Å². The second kappa shape index (κ2) is 3.58. The summed E-state index contributed by atoms with van der Waals surface area (Å²) >= 11 is 0. The molecular weight excluding hydrogens is 160 g/mol. The third-order valence-corrected chi connectivity index (χ3v) is 3.75. The van der Waals surface area contributed by atoms with Crippen molar-refractivity contribution in [3.63, 3.8) is 0 Å². The van der Waals surface area contributed by atoms with E-state index >= 15 is 0 Å². The summed E-state index contributed by atoms with van der Waals surface area (Å²) in [7, 11) is 2.03. The van der Waals surface area contributed by atoms with Crippen LogP contribution in [0.1, 0.15) is 26.2 Å². The SMILES string of the molecule is CNCCN1CC2(CCC(C)C2)C1. The molecule has 1 aliphatic heterocycles. The van der Waals surface area contributed by atoms with Gasteiger partial charge in [-0.1, -0.05) is 13.3 Å². The summed E-state index contributed by atoms with van der Waals surface area (Å²) in [5.74, 6) is 0.992. The fourth-order valence-corrected chi connectivity index (χ4v) is 3.11. The molecule has 76 valence electrons. The second-order valence-corrected chi connectivity index (χ2v) is 5.16. The zero-order chi connectivity index (χ0) is 9.31. The van der Waals surface area contributed by atoms with E-state index in [4.69, 9.17) is 0 Å². The maximum absolute atomic E-state index is 3.21. The van der Waals surface area contributed by atoms with Crippen molar-refractivity contribution < 1.29 is 0 Å². The van der Waals surface area contributed by atoms with Gasteiger partial charge in [-0.2, -0.15) is 0 Å². The Bertz CT molecular complexity index is 173. The molecular formula is C11H22N2. The largest absolute Gasteiger partial charge is 0.318 e. The van der Waals surface area contributed by atoms with Crippen LogP contribution in [0.25, 0.3) is 0 Å². The van der Waals surface area contributed by atoms with Gasteiger partial charge in [-0.05, 0) is 31.2 Å². The summed E-state index contributed by atoms with van der Waals surface area (Å²) in [6.07, 6.45) is 4.45. The van der Waals surface area contributed by atoms with Crippen LogP contribution in [-0.4, -0.2) is 38.1 Å². The minimum atomic E-state index is 0.757. The Morgan fingerprint density at radius 3 is 2.77 bits per heavy atom. The molecule has 13 heavy (non-hydrogen) atoms. The lowest BCUT2D eigenvalue weighted by molar-refractivity contribution is 0.00504. The lowest BCUT2D eigenvalue weighted by atomic mass is 9.77. The predicted octanol–water partition coefficient (Wildman–Crippen LogP) is 1.33. The molecule has 1 heterocycles. The van der Waals surface area contributed by atoms with Gasteiger partial charge < -0.3 is 10.2 Å². The molecule has 2 nitrogen and oxygen atoms in total. The molecule has 0 aromatic rings. The van der Waals surface area contributed by atoms with Gasteiger partial charge in [-0.3, -0.25) is 0 Å². The van der Waals surface area contributed by atoms with Crippen molar-refractivity contribution in [2.75, 3.05) is 33.2 Å². The fraction of sp³-hybridized carbons (Fsp3) is 1.00. The maximum atomic E-state index is 3.21. The van der Waals surface area contributed by atoms with Crippen molar-refractivity contribution in [3.8, 4) is 0 Å². The van der Waals surface area contributed by atoms with Gasteiger partial charge in [0.1, 0.15) is 0 Å². The Morgan fingerprint density at radius 2 is 2.23 bits per heavy atom. The molecule has 0 bridgehead atoms. The minimum absolute atomic E-state index is 0.757. The van der Waals surface area contributed by atoms with E-state index in [1.807, 2.05) is 7.05 Å². The molecule has 0 radical (unpaired) electrons. The van der Waals surface area contributed by atoms with Crippen LogP contribution in [0.3, 0.4) is 0 Å². The zero-order valence-electron chi connectivity index (χ0n) is 8.97. The van der Waals surface area contributed by atoms with Crippen molar-refractivity contribution >= 4 is 0 Å². The van der Waals surface area contributed by atoms with E-state index in [9.17, 15) is 0 Å². The average Bonchev–Trinajstić information content (AvgIpc) is 2.42. The van der Waals surface area contributed by atoms with Crippen LogP contribution >= 0.6 is 0 Å². The number of nitrogens with one attached hydrogen (secondary N) is 1. The van der Waals surface area contributed by atoms with Crippen molar-refractivity contribution in [1.29, 1.82) is 0 Å². The Kier molecular flexibility index (Phi) is 2.61. The normalized spacial score (nSPS) is 32.3. The molecule has 2 aliphatic rings. The lowest BCUT2D eigenvalue weighted by Gasteiger charge is -2.48. The Morgan fingerprint density at radius 1 is 1.46 bits per heavy atom. The number of likely N-dealkylation sites (N-methyl/N-ethyl adjacent to an activating group) is 1. The molecule has 1 N–H and O–H groups in total. The van der Waals surface area contributed by atoms with E-state index in [2.05, 4.69) is 17.1 Å². The molecule has 1 spiro atoms. The average molecular weight is 182 g/mol. The van der Waals surface area contributed by atoms with Gasteiger partial charge in [0.05, 0.1) is 0 Å². The molecule has 2 rings (SSSR count). The standard InChI is InChI=1S/C11H22N2/c1-10-3-4-11(7-10)8-13(9-11)6-5-12-2/h10,12H,3-9H2,1-2H3. The smallest absolute Gasteiger partial charge is 0.0107 e. The Balaban J connectivity index is 1.71. The van der Waals surface area contributed by atoms with Crippen molar-refractivity contribution in [1.82, 2.24) is 10.2 Å². The first-order valence-electron chi connectivity index (χ1n) is 5.61. The molecule has 1 saturated heterocycles. The molecule has 0 aromatic heterocycles. The number of hydrogen-bond acceptors (Lipinski definition) is 2. The van der Waals surface area contributed by atoms with Gasteiger partial charge >= 0.3 is 0 Å². The lowest BCUT2D eigenvalue weighted by Crippen LogP contribution is -2.56. The highest BCUT2D eigenvalue weighted by molar-refractivity contribution is 4.99. The number of likely N-dealkylation sites (tertiary alicyclic amines) is 1. The summed E-state index contributed by atoms with van der Waals surface area (Å²) in [6, 6.07) is 0. The van der Waals surface area contributed by atoms with Crippen LogP contribution in [0.4, 0.5) is 0 Å². The monoisotopic (exact) mass is 182 g/mol. The fourth-order valence-electron chi connectivity index (χ4n) is 3.11. The van der Waals surface area contributed by atoms with E-state index in [0.29, 0.717) is 0 Å². The topological polar surface area (TPSA) is 15.3 Å². The summed E-state index contributed by atoms with van der Waals surface area (Å²) in [4.78, 5) is 2.59. The van der Waals surface area contributed by atoms with Crippen molar-refractivity contribution in [2.24, 2.45) is 11.3 Å². The minimum Gasteiger partial charge on any atom is -0.318 e. The molecule has 0 amide bonds. The zero-order valence-corrected chi connectivity index (χ0v) is 8.97. The van der Waals surface area contributed by atoms with E-state index in [1.54, 1.807) is 0 Å². The van der Waals surface area contributed by atoms with Crippen LogP contribution in [0, 0.1) is 11.3 Å². The first kappa shape index (κ1) is 9.47. The molecule has 2 fully saturated rings. The number of rotatable bonds is 3. The van der Waals surface area contributed by atoms with Crippen LogP contribution in [0.5, 0.6) is 0 Å². The predicted molar refractivity (Wildman–Crippen MR) is 55.8 cm³/mol. The van der Waals surface area contributed by atoms with Crippen LogP contribution < -0.4 is 5.32 Å². The van der Waals surface area contributed by atoms with Crippen molar-refractivity contribution in [3.05, 3.63) is 0 Å². The third-order valence-electron chi connectivity index (χ3n) is 3.75. The summed E-state index contributed by atoms with van der Waals surface area (Å²) in [5.41, 5.74) is 0.757. The van der Waals surface area contributed by atoms with Gasteiger partial charge in [0.25, 0.3) is 0 Å². The number of nitrogens with zero attached hydrogens (tertiary/aromatic N) is 1. The summed E-state index contributed by atoms with van der Waals surface area (Å²) in [5, 5.41) is 3.21. The first-order valence-corrected chi connectivity index (χ1v) is 5.61. The molecule has 1 saturated carbocycles. The molecule has 1 atom stereocenters.